The van der Waals surface area contributed by atoms with Crippen molar-refractivity contribution in [3.05, 3.63) is 42.6 Å². The predicted molar refractivity (Wildman–Crippen MR) is 88.3 cm³/mol. The lowest BCUT2D eigenvalue weighted by atomic mass is 10.2. The first-order valence-electron chi connectivity index (χ1n) is 6.85. The molecular weight excluding hydrogens is 280 g/mol. The van der Waals surface area contributed by atoms with Crippen molar-refractivity contribution >= 4 is 17.5 Å². The minimum atomic E-state index is 0.551. The van der Waals surface area contributed by atoms with Gasteiger partial charge in [-0.05, 0) is 19.1 Å². The second-order valence-electron chi connectivity index (χ2n) is 4.58. The second kappa shape index (κ2) is 7.31. The number of rotatable bonds is 7. The SMILES string of the molecule is C=CCNc1nc(C)cc(Nc2ccc(OC)cc2OC)n1. The van der Waals surface area contributed by atoms with Crippen molar-refractivity contribution in [2.45, 2.75) is 6.92 Å². The molecule has 1 aromatic heterocycles. The van der Waals surface area contributed by atoms with Gasteiger partial charge in [0.1, 0.15) is 17.3 Å². The predicted octanol–water partition coefficient (Wildman–Crippen LogP) is 3.14. The molecule has 1 heterocycles. The summed E-state index contributed by atoms with van der Waals surface area (Å²) >= 11 is 0. The first-order chi connectivity index (χ1) is 10.7. The van der Waals surface area contributed by atoms with Crippen LogP contribution in [0.25, 0.3) is 0 Å². The number of hydrogen-bond acceptors (Lipinski definition) is 6. The van der Waals surface area contributed by atoms with Crippen LogP contribution in [0.4, 0.5) is 17.5 Å². The van der Waals surface area contributed by atoms with Crippen molar-refractivity contribution in [1.82, 2.24) is 9.97 Å². The van der Waals surface area contributed by atoms with Gasteiger partial charge in [0.25, 0.3) is 0 Å². The summed E-state index contributed by atoms with van der Waals surface area (Å²) in [5.74, 6) is 2.64. The van der Waals surface area contributed by atoms with Gasteiger partial charge in [0.15, 0.2) is 0 Å². The molecule has 0 saturated carbocycles. The Morgan fingerprint density at radius 1 is 1.18 bits per heavy atom. The molecule has 6 heteroatoms. The highest BCUT2D eigenvalue weighted by Gasteiger charge is 2.08. The van der Waals surface area contributed by atoms with Crippen LogP contribution in [0.1, 0.15) is 5.69 Å². The first kappa shape index (κ1) is 15.6. The molecule has 2 rings (SSSR count). The van der Waals surface area contributed by atoms with Gasteiger partial charge in [-0.3, -0.25) is 0 Å². The number of nitrogens with zero attached hydrogens (tertiary/aromatic N) is 2. The van der Waals surface area contributed by atoms with E-state index in [0.717, 1.165) is 17.1 Å². The van der Waals surface area contributed by atoms with Gasteiger partial charge in [-0.2, -0.15) is 4.98 Å². The molecule has 22 heavy (non-hydrogen) atoms. The number of aromatic nitrogens is 2. The number of nitrogens with one attached hydrogen (secondary N) is 2. The van der Waals surface area contributed by atoms with Crippen LogP contribution in [0.15, 0.2) is 36.9 Å². The third-order valence-electron chi connectivity index (χ3n) is 2.93. The van der Waals surface area contributed by atoms with E-state index in [1.54, 1.807) is 20.3 Å². The smallest absolute Gasteiger partial charge is 0.225 e. The van der Waals surface area contributed by atoms with Gasteiger partial charge in [-0.1, -0.05) is 6.08 Å². The lowest BCUT2D eigenvalue weighted by Crippen LogP contribution is -2.06. The van der Waals surface area contributed by atoms with E-state index in [1.807, 2.05) is 31.2 Å². The van der Waals surface area contributed by atoms with Crippen molar-refractivity contribution in [3.8, 4) is 11.5 Å². The lowest BCUT2D eigenvalue weighted by molar-refractivity contribution is 0.395. The molecule has 116 valence electrons. The lowest BCUT2D eigenvalue weighted by Gasteiger charge is -2.13. The summed E-state index contributed by atoms with van der Waals surface area (Å²) in [5.41, 5.74) is 1.66. The molecule has 0 amide bonds. The van der Waals surface area contributed by atoms with Crippen LogP contribution in [-0.2, 0) is 0 Å². The number of methoxy groups -OCH3 is 2. The number of anilines is 3. The number of aryl methyl sites for hydroxylation is 1. The fourth-order valence-corrected chi connectivity index (χ4v) is 1.91. The number of hydrogen-bond donors (Lipinski definition) is 2. The zero-order valence-electron chi connectivity index (χ0n) is 13.0. The van der Waals surface area contributed by atoms with E-state index < -0.39 is 0 Å². The summed E-state index contributed by atoms with van der Waals surface area (Å²) in [6.07, 6.45) is 1.76. The maximum absolute atomic E-state index is 5.37. The maximum atomic E-state index is 5.37. The number of benzene rings is 1. The summed E-state index contributed by atoms with van der Waals surface area (Å²) in [5, 5.41) is 6.31. The molecule has 0 saturated heterocycles. The van der Waals surface area contributed by atoms with Gasteiger partial charge in [-0.25, -0.2) is 4.98 Å². The molecule has 0 aliphatic rings. The second-order valence-corrected chi connectivity index (χ2v) is 4.58. The van der Waals surface area contributed by atoms with E-state index in [-0.39, 0.29) is 0 Å². The third kappa shape index (κ3) is 3.88. The average molecular weight is 300 g/mol. The maximum Gasteiger partial charge on any atom is 0.225 e. The fraction of sp³-hybridized carbons (Fsp3) is 0.250. The van der Waals surface area contributed by atoms with Crippen molar-refractivity contribution in [2.75, 3.05) is 31.4 Å². The normalized spacial score (nSPS) is 9.95. The quantitative estimate of drug-likeness (QED) is 0.766. The summed E-state index contributed by atoms with van der Waals surface area (Å²) in [7, 11) is 3.23. The van der Waals surface area contributed by atoms with E-state index in [4.69, 9.17) is 9.47 Å². The van der Waals surface area contributed by atoms with Gasteiger partial charge < -0.3 is 20.1 Å². The van der Waals surface area contributed by atoms with E-state index in [2.05, 4.69) is 27.2 Å². The monoisotopic (exact) mass is 300 g/mol. The molecule has 0 atom stereocenters. The van der Waals surface area contributed by atoms with Gasteiger partial charge in [0.2, 0.25) is 5.95 Å². The van der Waals surface area contributed by atoms with E-state index >= 15 is 0 Å². The molecule has 0 aliphatic heterocycles. The first-order valence-corrected chi connectivity index (χ1v) is 6.85. The third-order valence-corrected chi connectivity index (χ3v) is 2.93. The summed E-state index contributed by atoms with van der Waals surface area (Å²) in [4.78, 5) is 8.74. The Balaban J connectivity index is 2.26. The molecule has 0 spiro atoms. The molecule has 0 bridgehead atoms. The minimum Gasteiger partial charge on any atom is -0.497 e. The zero-order chi connectivity index (χ0) is 15.9. The molecule has 0 fully saturated rings. The summed E-state index contributed by atoms with van der Waals surface area (Å²) in [6.45, 7) is 6.19. The molecular formula is C16H20N4O2. The van der Waals surface area contributed by atoms with Crippen LogP contribution in [0.2, 0.25) is 0 Å². The molecule has 0 aliphatic carbocycles. The Bertz CT molecular complexity index is 659. The van der Waals surface area contributed by atoms with Crippen LogP contribution in [0, 0.1) is 6.92 Å². The Morgan fingerprint density at radius 3 is 2.68 bits per heavy atom. The molecule has 1 aromatic carbocycles. The van der Waals surface area contributed by atoms with Crippen LogP contribution >= 0.6 is 0 Å². The highest BCUT2D eigenvalue weighted by atomic mass is 16.5. The van der Waals surface area contributed by atoms with Crippen LogP contribution in [-0.4, -0.2) is 30.7 Å². The standard InChI is InChI=1S/C16H20N4O2/c1-5-8-17-16-18-11(2)9-15(20-16)19-13-7-6-12(21-3)10-14(13)22-4/h5-7,9-10H,1,8H2,2-4H3,(H2,17,18,19,20). The minimum absolute atomic E-state index is 0.551. The van der Waals surface area contributed by atoms with E-state index in [1.165, 1.54) is 0 Å². The molecule has 0 radical (unpaired) electrons. The van der Waals surface area contributed by atoms with Gasteiger partial charge >= 0.3 is 0 Å². The Kier molecular flexibility index (Phi) is 5.19. The van der Waals surface area contributed by atoms with Crippen LogP contribution in [0.3, 0.4) is 0 Å². The molecule has 2 N–H and O–H groups in total. The average Bonchev–Trinajstić information content (AvgIpc) is 2.52. The fourth-order valence-electron chi connectivity index (χ4n) is 1.91. The molecule has 0 unspecified atom stereocenters. The van der Waals surface area contributed by atoms with Crippen molar-refractivity contribution in [2.24, 2.45) is 0 Å². The Morgan fingerprint density at radius 2 is 2.00 bits per heavy atom. The van der Waals surface area contributed by atoms with Crippen molar-refractivity contribution in [3.63, 3.8) is 0 Å². The van der Waals surface area contributed by atoms with Gasteiger partial charge in [0.05, 0.1) is 19.9 Å². The Labute approximate surface area is 130 Å². The molecule has 2 aromatic rings. The van der Waals surface area contributed by atoms with Crippen LogP contribution < -0.4 is 20.1 Å². The summed E-state index contributed by atoms with van der Waals surface area (Å²) in [6, 6.07) is 7.41. The van der Waals surface area contributed by atoms with Gasteiger partial charge in [-0.15, -0.1) is 6.58 Å². The number of ether oxygens (including phenoxy) is 2. The molecule has 6 nitrogen and oxygen atoms in total. The topological polar surface area (TPSA) is 68.3 Å². The van der Waals surface area contributed by atoms with Gasteiger partial charge in [0, 0.05) is 24.4 Å². The van der Waals surface area contributed by atoms with E-state index in [9.17, 15) is 0 Å². The highest BCUT2D eigenvalue weighted by molar-refractivity contribution is 5.66. The summed E-state index contributed by atoms with van der Waals surface area (Å²) < 4.78 is 10.6. The van der Waals surface area contributed by atoms with Crippen molar-refractivity contribution < 1.29 is 9.47 Å². The highest BCUT2D eigenvalue weighted by Crippen LogP contribution is 2.31. The Hall–Kier alpha value is -2.76. The largest absolute Gasteiger partial charge is 0.497 e. The zero-order valence-corrected chi connectivity index (χ0v) is 13.0. The van der Waals surface area contributed by atoms with E-state index in [0.29, 0.717) is 24.1 Å². The van der Waals surface area contributed by atoms with Crippen LogP contribution in [0.5, 0.6) is 11.5 Å². The van der Waals surface area contributed by atoms with Crippen molar-refractivity contribution in [1.29, 1.82) is 0 Å².